The van der Waals surface area contributed by atoms with Crippen molar-refractivity contribution in [2.24, 2.45) is 5.10 Å². The minimum absolute atomic E-state index is 0.0944. The van der Waals surface area contributed by atoms with Gasteiger partial charge < -0.3 is 4.74 Å². The molecule has 0 radical (unpaired) electrons. The van der Waals surface area contributed by atoms with E-state index < -0.39 is 22.5 Å². The van der Waals surface area contributed by atoms with E-state index >= 15 is 0 Å². The van der Waals surface area contributed by atoms with Crippen molar-refractivity contribution < 1.29 is 17.9 Å². The molecule has 4 aromatic rings. The molecule has 0 saturated carbocycles. The van der Waals surface area contributed by atoms with Crippen molar-refractivity contribution in [2.45, 2.75) is 31.3 Å². The van der Waals surface area contributed by atoms with Crippen LogP contribution in [-0.4, -0.2) is 27.1 Å². The number of hydrogen-bond acceptors (Lipinski definition) is 5. The van der Waals surface area contributed by atoms with Crippen LogP contribution in [0.25, 0.3) is 0 Å². The van der Waals surface area contributed by atoms with Crippen LogP contribution in [0.3, 0.4) is 0 Å². The van der Waals surface area contributed by atoms with Crippen LogP contribution in [0.15, 0.2) is 113 Å². The summed E-state index contributed by atoms with van der Waals surface area (Å²) in [6, 6.07) is 29.8. The smallest absolute Gasteiger partial charge is 0.264 e. The number of hydrogen-bond donors (Lipinski definition) is 1. The van der Waals surface area contributed by atoms with Crippen molar-refractivity contribution in [3.8, 4) is 5.75 Å². The predicted octanol–water partition coefficient (Wildman–Crippen LogP) is 6.39. The highest BCUT2D eigenvalue weighted by Gasteiger charge is 2.27. The van der Waals surface area contributed by atoms with Gasteiger partial charge in [-0.1, -0.05) is 67.9 Å². The lowest BCUT2D eigenvalue weighted by Gasteiger charge is -2.24. The van der Waals surface area contributed by atoms with Gasteiger partial charge in [-0.15, -0.1) is 0 Å². The van der Waals surface area contributed by atoms with Crippen LogP contribution in [0.2, 0.25) is 5.02 Å². The lowest BCUT2D eigenvalue weighted by atomic mass is 10.0. The summed E-state index contributed by atoms with van der Waals surface area (Å²) in [5.41, 5.74) is 5.58. The summed E-state index contributed by atoms with van der Waals surface area (Å²) in [6.07, 6.45) is 1.48. The van der Waals surface area contributed by atoms with Crippen LogP contribution in [0.1, 0.15) is 36.5 Å². The molecule has 0 aromatic heterocycles. The van der Waals surface area contributed by atoms with Crippen LogP contribution < -0.4 is 14.5 Å². The number of sulfonamides is 1. The molecule has 0 aliphatic carbocycles. The van der Waals surface area contributed by atoms with Gasteiger partial charge in [-0.2, -0.15) is 5.10 Å². The van der Waals surface area contributed by atoms with Crippen molar-refractivity contribution in [3.05, 3.63) is 125 Å². The van der Waals surface area contributed by atoms with Crippen LogP contribution in [-0.2, 0) is 21.4 Å². The molecule has 40 heavy (non-hydrogen) atoms. The molecule has 7 nitrogen and oxygen atoms in total. The van der Waals surface area contributed by atoms with E-state index in [2.05, 4.69) is 24.4 Å². The number of amides is 1. The predicted molar refractivity (Wildman–Crippen MR) is 159 cm³/mol. The fourth-order valence-electron chi connectivity index (χ4n) is 3.85. The number of carbonyl (C=O) groups is 1. The molecular weight excluding hydrogens is 546 g/mol. The summed E-state index contributed by atoms with van der Waals surface area (Å²) in [6.45, 7) is 4.06. The van der Waals surface area contributed by atoms with E-state index in [-0.39, 0.29) is 10.8 Å². The molecule has 1 amide bonds. The first-order valence-electron chi connectivity index (χ1n) is 12.7. The Morgan fingerprint density at radius 1 is 0.950 bits per heavy atom. The molecule has 0 unspecified atom stereocenters. The second-order valence-corrected chi connectivity index (χ2v) is 11.7. The zero-order chi connectivity index (χ0) is 28.5. The molecule has 0 aliphatic heterocycles. The van der Waals surface area contributed by atoms with Gasteiger partial charge in [0.1, 0.15) is 18.9 Å². The van der Waals surface area contributed by atoms with E-state index in [0.29, 0.717) is 23.1 Å². The van der Waals surface area contributed by atoms with Gasteiger partial charge >= 0.3 is 0 Å². The van der Waals surface area contributed by atoms with Gasteiger partial charge in [0.2, 0.25) is 0 Å². The van der Waals surface area contributed by atoms with Gasteiger partial charge in [-0.25, -0.2) is 13.8 Å². The van der Waals surface area contributed by atoms with Crippen LogP contribution in [0.4, 0.5) is 5.69 Å². The van der Waals surface area contributed by atoms with Gasteiger partial charge in [0, 0.05) is 5.02 Å². The second-order valence-electron chi connectivity index (χ2n) is 9.35. The minimum atomic E-state index is -3.99. The third kappa shape index (κ3) is 7.71. The number of nitrogens with one attached hydrogen (secondary N) is 1. The summed E-state index contributed by atoms with van der Waals surface area (Å²) < 4.78 is 33.8. The Hall–Kier alpha value is -4.14. The Kier molecular flexibility index (Phi) is 9.58. The summed E-state index contributed by atoms with van der Waals surface area (Å²) in [4.78, 5) is 12.9. The highest BCUT2D eigenvalue weighted by molar-refractivity contribution is 7.92. The molecule has 1 N–H and O–H groups in total. The third-order valence-electron chi connectivity index (χ3n) is 6.04. The monoisotopic (exact) mass is 575 g/mol. The standard InChI is InChI=1S/C31H30ClN3O4S/c1-23(2)26-13-15-28(16-14-26)35(40(37,38)30-9-4-3-5-10-30)21-31(36)34-33-20-24-11-17-29(18-12-24)39-22-25-7-6-8-27(32)19-25/h3-20,23H,21-22H2,1-2H3,(H,34,36)/b33-20+. The van der Waals surface area contributed by atoms with E-state index in [0.717, 1.165) is 21.0 Å². The number of anilines is 1. The summed E-state index contributed by atoms with van der Waals surface area (Å²) in [5, 5.41) is 4.66. The van der Waals surface area contributed by atoms with Gasteiger partial charge in [0.05, 0.1) is 16.8 Å². The first kappa shape index (κ1) is 28.9. The van der Waals surface area contributed by atoms with E-state index in [4.69, 9.17) is 16.3 Å². The van der Waals surface area contributed by atoms with Crippen LogP contribution >= 0.6 is 11.6 Å². The maximum atomic E-state index is 13.5. The van der Waals surface area contributed by atoms with E-state index in [1.54, 1.807) is 54.6 Å². The average Bonchev–Trinajstić information content (AvgIpc) is 2.96. The summed E-state index contributed by atoms with van der Waals surface area (Å²) in [5.74, 6) is 0.381. The third-order valence-corrected chi connectivity index (χ3v) is 8.07. The molecular formula is C31H30ClN3O4S. The quantitative estimate of drug-likeness (QED) is 0.166. The molecule has 0 atom stereocenters. The van der Waals surface area contributed by atoms with E-state index in [9.17, 15) is 13.2 Å². The van der Waals surface area contributed by atoms with Gasteiger partial charge in [0.15, 0.2) is 0 Å². The number of halogens is 1. The highest BCUT2D eigenvalue weighted by atomic mass is 35.5. The molecule has 4 rings (SSSR count). The normalized spacial score (nSPS) is 11.5. The molecule has 9 heteroatoms. The zero-order valence-electron chi connectivity index (χ0n) is 22.2. The molecule has 0 spiro atoms. The number of rotatable bonds is 11. The average molecular weight is 576 g/mol. The van der Waals surface area contributed by atoms with Gasteiger partial charge in [-0.3, -0.25) is 9.10 Å². The molecule has 206 valence electrons. The molecule has 0 aliphatic rings. The largest absolute Gasteiger partial charge is 0.489 e. The summed E-state index contributed by atoms with van der Waals surface area (Å²) in [7, 11) is -3.99. The lowest BCUT2D eigenvalue weighted by Crippen LogP contribution is -2.39. The fraction of sp³-hybridized carbons (Fsp3) is 0.161. The number of nitrogens with zero attached hydrogens (tertiary/aromatic N) is 2. The Morgan fingerprint density at radius 2 is 1.65 bits per heavy atom. The molecule has 0 fully saturated rings. The lowest BCUT2D eigenvalue weighted by molar-refractivity contribution is -0.119. The van der Waals surface area contributed by atoms with Crippen molar-refractivity contribution >= 4 is 39.4 Å². The van der Waals surface area contributed by atoms with E-state index in [1.807, 2.05) is 36.4 Å². The number of benzene rings is 4. The van der Waals surface area contributed by atoms with Crippen LogP contribution in [0.5, 0.6) is 5.75 Å². The van der Waals surface area contributed by atoms with Crippen molar-refractivity contribution in [1.82, 2.24) is 5.43 Å². The SMILES string of the molecule is CC(C)c1ccc(N(CC(=O)N/N=C/c2ccc(OCc3cccc(Cl)c3)cc2)S(=O)(=O)c2ccccc2)cc1. The summed E-state index contributed by atoms with van der Waals surface area (Å²) >= 11 is 6.01. The fourth-order valence-corrected chi connectivity index (χ4v) is 5.50. The molecule has 0 bridgehead atoms. The van der Waals surface area contributed by atoms with Gasteiger partial charge in [-0.05, 0) is 83.3 Å². The molecule has 4 aromatic carbocycles. The first-order valence-corrected chi connectivity index (χ1v) is 14.5. The number of hydrazone groups is 1. The van der Waals surface area contributed by atoms with Gasteiger partial charge in [0.25, 0.3) is 15.9 Å². The van der Waals surface area contributed by atoms with E-state index in [1.165, 1.54) is 18.3 Å². The Bertz CT molecular complexity index is 1560. The first-order chi connectivity index (χ1) is 19.2. The Morgan fingerprint density at radius 3 is 2.30 bits per heavy atom. The topological polar surface area (TPSA) is 88.1 Å². The van der Waals surface area contributed by atoms with Crippen LogP contribution in [0, 0.1) is 0 Å². The maximum absolute atomic E-state index is 13.5. The number of ether oxygens (including phenoxy) is 1. The van der Waals surface area contributed by atoms with Crippen molar-refractivity contribution in [1.29, 1.82) is 0 Å². The highest BCUT2D eigenvalue weighted by Crippen LogP contribution is 2.26. The molecule has 0 saturated heterocycles. The minimum Gasteiger partial charge on any atom is -0.489 e. The maximum Gasteiger partial charge on any atom is 0.264 e. The molecule has 0 heterocycles. The number of carbonyl (C=O) groups excluding carboxylic acids is 1. The Balaban J connectivity index is 1.41. The Labute approximate surface area is 240 Å². The van der Waals surface area contributed by atoms with Crippen molar-refractivity contribution in [3.63, 3.8) is 0 Å². The second kappa shape index (κ2) is 13.3. The van der Waals surface area contributed by atoms with Crippen molar-refractivity contribution in [2.75, 3.05) is 10.8 Å². The zero-order valence-corrected chi connectivity index (χ0v) is 23.8.